The average molecular weight is 345 g/mol. The normalized spacial score (nSPS) is 28.3. The topological polar surface area (TPSA) is 49.4 Å². The predicted octanol–water partition coefficient (Wildman–Crippen LogP) is 1.82. The molecule has 1 aromatic carbocycles. The first-order chi connectivity index (χ1) is 9.09. The zero-order valence-electron chi connectivity index (χ0n) is 10.5. The molecule has 0 amide bonds. The first-order valence-electron chi connectivity index (χ1n) is 6.57. The van der Waals surface area contributed by atoms with Gasteiger partial charge in [-0.3, -0.25) is 0 Å². The molecule has 2 aliphatic heterocycles. The van der Waals surface area contributed by atoms with Crippen molar-refractivity contribution < 1.29 is 8.42 Å². The molecule has 0 spiro atoms. The highest BCUT2D eigenvalue weighted by atomic mass is 79.9. The zero-order valence-corrected chi connectivity index (χ0v) is 13.0. The summed E-state index contributed by atoms with van der Waals surface area (Å²) in [4.78, 5) is 0.374. The van der Waals surface area contributed by atoms with Gasteiger partial charge in [0, 0.05) is 23.6 Å². The lowest BCUT2D eigenvalue weighted by Crippen LogP contribution is -2.46. The lowest BCUT2D eigenvalue weighted by Gasteiger charge is -2.34. The standard InChI is InChI=1S/C13H17BrN2O2S/c14-11-3-1-2-4-13(11)19(17,18)16-8-6-12-10(9-16)5-7-15-12/h1-4,10,12,15H,5-9H2. The number of halogens is 1. The monoisotopic (exact) mass is 344 g/mol. The highest BCUT2D eigenvalue weighted by Crippen LogP contribution is 2.31. The molecule has 0 aromatic heterocycles. The Labute approximate surface area is 122 Å². The Morgan fingerprint density at radius 1 is 1.26 bits per heavy atom. The van der Waals surface area contributed by atoms with Gasteiger partial charge in [0.1, 0.15) is 0 Å². The summed E-state index contributed by atoms with van der Waals surface area (Å²) >= 11 is 3.34. The number of fused-ring (bicyclic) bond motifs is 1. The van der Waals surface area contributed by atoms with Crippen LogP contribution in [0.5, 0.6) is 0 Å². The Bertz CT molecular complexity index is 576. The van der Waals surface area contributed by atoms with E-state index in [0.29, 0.717) is 34.4 Å². The molecular weight excluding hydrogens is 328 g/mol. The SMILES string of the molecule is O=S(=O)(c1ccccc1Br)N1CCC2NCCC2C1. The van der Waals surface area contributed by atoms with Crippen molar-refractivity contribution >= 4 is 26.0 Å². The van der Waals surface area contributed by atoms with Crippen molar-refractivity contribution in [3.05, 3.63) is 28.7 Å². The lowest BCUT2D eigenvalue weighted by molar-refractivity contribution is 0.247. The van der Waals surface area contributed by atoms with Gasteiger partial charge < -0.3 is 5.32 Å². The van der Waals surface area contributed by atoms with Gasteiger partial charge in [-0.15, -0.1) is 0 Å². The second kappa shape index (κ2) is 5.16. The fraction of sp³-hybridized carbons (Fsp3) is 0.538. The van der Waals surface area contributed by atoms with Crippen molar-refractivity contribution in [3.8, 4) is 0 Å². The molecule has 3 rings (SSSR count). The van der Waals surface area contributed by atoms with Crippen LogP contribution in [-0.2, 0) is 10.0 Å². The quantitative estimate of drug-likeness (QED) is 0.890. The molecule has 1 aromatic rings. The van der Waals surface area contributed by atoms with Crippen molar-refractivity contribution in [2.45, 2.75) is 23.8 Å². The first-order valence-corrected chi connectivity index (χ1v) is 8.80. The van der Waals surface area contributed by atoms with Gasteiger partial charge in [0.25, 0.3) is 0 Å². The van der Waals surface area contributed by atoms with Gasteiger partial charge >= 0.3 is 0 Å². The maximum Gasteiger partial charge on any atom is 0.244 e. The summed E-state index contributed by atoms with van der Waals surface area (Å²) in [6, 6.07) is 7.54. The van der Waals surface area contributed by atoms with E-state index in [0.717, 1.165) is 19.4 Å². The Kier molecular flexibility index (Phi) is 3.68. The van der Waals surface area contributed by atoms with Crippen LogP contribution in [-0.4, -0.2) is 38.4 Å². The number of hydrogen-bond acceptors (Lipinski definition) is 3. The Morgan fingerprint density at radius 2 is 2.05 bits per heavy atom. The van der Waals surface area contributed by atoms with E-state index in [9.17, 15) is 8.42 Å². The van der Waals surface area contributed by atoms with Crippen molar-refractivity contribution in [1.82, 2.24) is 9.62 Å². The molecule has 19 heavy (non-hydrogen) atoms. The van der Waals surface area contributed by atoms with Crippen LogP contribution in [0.4, 0.5) is 0 Å². The number of hydrogen-bond donors (Lipinski definition) is 1. The summed E-state index contributed by atoms with van der Waals surface area (Å²) in [5.41, 5.74) is 0. The minimum Gasteiger partial charge on any atom is -0.314 e. The highest BCUT2D eigenvalue weighted by Gasteiger charge is 2.38. The Balaban J connectivity index is 1.87. The second-order valence-corrected chi connectivity index (χ2v) is 7.95. The third kappa shape index (κ3) is 2.46. The van der Waals surface area contributed by atoms with E-state index in [1.807, 2.05) is 6.07 Å². The van der Waals surface area contributed by atoms with E-state index in [1.165, 1.54) is 0 Å². The first kappa shape index (κ1) is 13.5. The number of nitrogens with zero attached hydrogens (tertiary/aromatic N) is 1. The molecule has 104 valence electrons. The zero-order chi connectivity index (χ0) is 13.5. The predicted molar refractivity (Wildman–Crippen MR) is 77.4 cm³/mol. The third-order valence-electron chi connectivity index (χ3n) is 4.07. The van der Waals surface area contributed by atoms with Crippen LogP contribution in [0.1, 0.15) is 12.8 Å². The molecule has 0 bridgehead atoms. The maximum absolute atomic E-state index is 12.7. The molecule has 0 saturated carbocycles. The summed E-state index contributed by atoms with van der Waals surface area (Å²) in [7, 11) is -3.37. The molecule has 2 aliphatic rings. The van der Waals surface area contributed by atoms with Gasteiger partial charge in [0.05, 0.1) is 4.90 Å². The number of benzene rings is 1. The smallest absolute Gasteiger partial charge is 0.244 e. The molecule has 1 N–H and O–H groups in total. The van der Waals surface area contributed by atoms with Gasteiger partial charge in [-0.1, -0.05) is 12.1 Å². The van der Waals surface area contributed by atoms with Gasteiger partial charge in [-0.05, 0) is 53.4 Å². The maximum atomic E-state index is 12.7. The fourth-order valence-electron chi connectivity index (χ4n) is 3.03. The van der Waals surface area contributed by atoms with Crippen LogP contribution < -0.4 is 5.32 Å². The average Bonchev–Trinajstić information content (AvgIpc) is 2.86. The van der Waals surface area contributed by atoms with Crippen molar-refractivity contribution in [1.29, 1.82) is 0 Å². The van der Waals surface area contributed by atoms with E-state index in [2.05, 4.69) is 21.2 Å². The number of rotatable bonds is 2. The van der Waals surface area contributed by atoms with Crippen LogP contribution >= 0.6 is 15.9 Å². The van der Waals surface area contributed by atoms with Crippen LogP contribution in [0.3, 0.4) is 0 Å². The Morgan fingerprint density at radius 3 is 2.84 bits per heavy atom. The van der Waals surface area contributed by atoms with Crippen molar-refractivity contribution in [2.75, 3.05) is 19.6 Å². The Hall–Kier alpha value is -0.430. The lowest BCUT2D eigenvalue weighted by atomic mass is 9.95. The highest BCUT2D eigenvalue weighted by molar-refractivity contribution is 9.10. The summed E-state index contributed by atoms with van der Waals surface area (Å²) in [5, 5.41) is 3.45. The van der Waals surface area contributed by atoms with E-state index >= 15 is 0 Å². The fourth-order valence-corrected chi connectivity index (χ4v) is 5.50. The van der Waals surface area contributed by atoms with E-state index in [1.54, 1.807) is 22.5 Å². The molecule has 4 nitrogen and oxygen atoms in total. The minimum absolute atomic E-state index is 0.374. The number of nitrogens with one attached hydrogen (secondary N) is 1. The molecule has 2 heterocycles. The second-order valence-electron chi connectivity index (χ2n) is 5.19. The molecule has 2 saturated heterocycles. The summed E-state index contributed by atoms with van der Waals surface area (Å²) in [6.45, 7) is 2.26. The summed E-state index contributed by atoms with van der Waals surface area (Å²) in [5.74, 6) is 0.464. The van der Waals surface area contributed by atoms with Crippen LogP contribution in [0.15, 0.2) is 33.6 Å². The molecule has 0 aliphatic carbocycles. The van der Waals surface area contributed by atoms with Gasteiger partial charge in [-0.25, -0.2) is 8.42 Å². The van der Waals surface area contributed by atoms with Gasteiger partial charge in [0.2, 0.25) is 10.0 Å². The van der Waals surface area contributed by atoms with E-state index in [4.69, 9.17) is 0 Å². The third-order valence-corrected chi connectivity index (χ3v) is 6.95. The summed E-state index contributed by atoms with van der Waals surface area (Å²) in [6.07, 6.45) is 1.99. The molecule has 6 heteroatoms. The number of sulfonamides is 1. The molecule has 2 unspecified atom stereocenters. The molecule has 2 fully saturated rings. The number of piperidine rings is 1. The van der Waals surface area contributed by atoms with Crippen LogP contribution in [0.2, 0.25) is 0 Å². The summed E-state index contributed by atoms with van der Waals surface area (Å²) < 4.78 is 27.6. The van der Waals surface area contributed by atoms with Crippen molar-refractivity contribution in [3.63, 3.8) is 0 Å². The van der Waals surface area contributed by atoms with Gasteiger partial charge in [-0.2, -0.15) is 4.31 Å². The van der Waals surface area contributed by atoms with E-state index < -0.39 is 10.0 Å². The minimum atomic E-state index is -3.37. The van der Waals surface area contributed by atoms with Gasteiger partial charge in [0.15, 0.2) is 0 Å². The van der Waals surface area contributed by atoms with Crippen molar-refractivity contribution in [2.24, 2.45) is 5.92 Å². The largest absolute Gasteiger partial charge is 0.314 e. The van der Waals surface area contributed by atoms with E-state index in [-0.39, 0.29) is 0 Å². The molecule has 2 atom stereocenters. The molecule has 0 radical (unpaired) electrons. The van der Waals surface area contributed by atoms with Crippen LogP contribution in [0, 0.1) is 5.92 Å². The molecular formula is C13H17BrN2O2S. The van der Waals surface area contributed by atoms with Crippen LogP contribution in [0.25, 0.3) is 0 Å².